The van der Waals surface area contributed by atoms with Gasteiger partial charge in [-0.2, -0.15) is 0 Å². The number of aromatic nitrogens is 2. The summed E-state index contributed by atoms with van der Waals surface area (Å²) < 4.78 is 2.20. The average Bonchev–Trinajstić information content (AvgIpc) is 3.03. The molecule has 3 rings (SSSR count). The fourth-order valence-electron chi connectivity index (χ4n) is 3.12. The number of thiophene rings is 1. The Balaban J connectivity index is 1.72. The van der Waals surface area contributed by atoms with E-state index in [4.69, 9.17) is 0 Å². The summed E-state index contributed by atoms with van der Waals surface area (Å²) in [4.78, 5) is 29.4. The van der Waals surface area contributed by atoms with Crippen molar-refractivity contribution in [2.45, 2.75) is 56.0 Å². The lowest BCUT2D eigenvalue weighted by atomic mass is 9.86. The third-order valence-corrected chi connectivity index (χ3v) is 6.77. The van der Waals surface area contributed by atoms with Crippen molar-refractivity contribution in [3.63, 3.8) is 0 Å². The van der Waals surface area contributed by atoms with Gasteiger partial charge in [0.25, 0.3) is 5.56 Å². The number of rotatable bonds is 4. The van der Waals surface area contributed by atoms with Gasteiger partial charge in [-0.1, -0.05) is 31.5 Å². The van der Waals surface area contributed by atoms with Crippen LogP contribution < -0.4 is 10.9 Å². The van der Waals surface area contributed by atoms with E-state index in [0.29, 0.717) is 21.3 Å². The number of nitrogens with one attached hydrogen (secondary N) is 1. The summed E-state index contributed by atoms with van der Waals surface area (Å²) in [5, 5.41) is 5.36. The van der Waals surface area contributed by atoms with Crippen LogP contribution in [0.1, 0.15) is 39.5 Å². The van der Waals surface area contributed by atoms with Crippen LogP contribution in [-0.4, -0.2) is 26.8 Å². The predicted octanol–water partition coefficient (Wildman–Crippen LogP) is 3.17. The molecule has 3 atom stereocenters. The molecule has 0 saturated heterocycles. The van der Waals surface area contributed by atoms with Crippen molar-refractivity contribution in [1.29, 1.82) is 0 Å². The third-order valence-electron chi connectivity index (χ3n) is 4.74. The van der Waals surface area contributed by atoms with Gasteiger partial charge in [-0.25, -0.2) is 4.98 Å². The van der Waals surface area contributed by atoms with Gasteiger partial charge in [0.1, 0.15) is 4.70 Å². The molecular formula is C17H23N3O2S2. The third kappa shape index (κ3) is 3.52. The highest BCUT2D eigenvalue weighted by atomic mass is 32.2. The number of carbonyl (C=O) groups excluding carboxylic acids is 1. The largest absolute Gasteiger partial charge is 0.352 e. The highest BCUT2D eigenvalue weighted by Gasteiger charge is 2.26. The molecule has 5 nitrogen and oxygen atoms in total. The van der Waals surface area contributed by atoms with Crippen molar-refractivity contribution >= 4 is 39.2 Å². The second kappa shape index (κ2) is 7.27. The zero-order valence-corrected chi connectivity index (χ0v) is 15.9. The van der Waals surface area contributed by atoms with E-state index < -0.39 is 0 Å². The highest BCUT2D eigenvalue weighted by Crippen LogP contribution is 2.26. The Kier molecular flexibility index (Phi) is 5.30. The molecule has 1 aliphatic carbocycles. The SMILES string of the molecule is CC(Sc1nc2ccsc2c(=O)n1C)C(=O)NC1CCCCC1C. The quantitative estimate of drug-likeness (QED) is 0.668. The standard InChI is InChI=1S/C17H23N3O2S2/c1-10-6-4-5-7-12(10)18-15(21)11(2)24-17-19-13-8-9-23-14(13)16(22)20(17)3/h8-12H,4-7H2,1-3H3,(H,18,21). The molecule has 0 bridgehead atoms. The van der Waals surface area contributed by atoms with E-state index in [1.807, 2.05) is 18.4 Å². The van der Waals surface area contributed by atoms with Crippen LogP contribution in [0, 0.1) is 5.92 Å². The van der Waals surface area contributed by atoms with E-state index in [1.165, 1.54) is 46.9 Å². The van der Waals surface area contributed by atoms with Gasteiger partial charge in [0.15, 0.2) is 5.16 Å². The van der Waals surface area contributed by atoms with Crippen molar-refractivity contribution in [3.05, 3.63) is 21.8 Å². The first kappa shape index (κ1) is 17.5. The molecule has 0 aromatic carbocycles. The summed E-state index contributed by atoms with van der Waals surface area (Å²) in [5.74, 6) is 0.558. The maximum atomic E-state index is 12.5. The van der Waals surface area contributed by atoms with Gasteiger partial charge in [-0.3, -0.25) is 14.2 Å². The maximum Gasteiger partial charge on any atom is 0.271 e. The Labute approximate surface area is 149 Å². The fourth-order valence-corrected chi connectivity index (χ4v) is 4.80. The Hall–Kier alpha value is -1.34. The summed E-state index contributed by atoms with van der Waals surface area (Å²) >= 11 is 2.75. The lowest BCUT2D eigenvalue weighted by molar-refractivity contribution is -0.121. The molecule has 2 aromatic heterocycles. The second-order valence-corrected chi connectivity index (χ2v) is 8.75. The van der Waals surface area contributed by atoms with Crippen LogP contribution in [0.15, 0.2) is 21.4 Å². The smallest absolute Gasteiger partial charge is 0.271 e. The predicted molar refractivity (Wildman–Crippen MR) is 99.7 cm³/mol. The Morgan fingerprint density at radius 1 is 1.46 bits per heavy atom. The van der Waals surface area contributed by atoms with Crippen LogP contribution in [0.5, 0.6) is 0 Å². The topological polar surface area (TPSA) is 64.0 Å². The molecule has 130 valence electrons. The number of nitrogens with zero attached hydrogens (tertiary/aromatic N) is 2. The van der Waals surface area contributed by atoms with Gasteiger partial charge in [-0.05, 0) is 37.1 Å². The van der Waals surface area contributed by atoms with E-state index in [2.05, 4.69) is 17.2 Å². The molecule has 0 aliphatic heterocycles. The first-order valence-electron chi connectivity index (χ1n) is 8.38. The maximum absolute atomic E-state index is 12.5. The van der Waals surface area contributed by atoms with Gasteiger partial charge >= 0.3 is 0 Å². The summed E-state index contributed by atoms with van der Waals surface area (Å²) in [7, 11) is 1.71. The van der Waals surface area contributed by atoms with Crippen LogP contribution >= 0.6 is 23.1 Å². The first-order chi connectivity index (χ1) is 11.5. The molecule has 1 amide bonds. The van der Waals surface area contributed by atoms with Crippen LogP contribution in [0.25, 0.3) is 10.2 Å². The normalized spacial score (nSPS) is 22.5. The number of amides is 1. The van der Waals surface area contributed by atoms with Crippen LogP contribution in [0.4, 0.5) is 0 Å². The zero-order valence-electron chi connectivity index (χ0n) is 14.2. The Morgan fingerprint density at radius 2 is 2.21 bits per heavy atom. The van der Waals surface area contributed by atoms with Gasteiger partial charge in [0.05, 0.1) is 10.8 Å². The Bertz CT molecular complexity index is 799. The van der Waals surface area contributed by atoms with E-state index in [0.717, 1.165) is 6.42 Å². The average molecular weight is 366 g/mol. The molecule has 2 aromatic rings. The van der Waals surface area contributed by atoms with E-state index in [-0.39, 0.29) is 22.8 Å². The molecule has 3 unspecified atom stereocenters. The number of fused-ring (bicyclic) bond motifs is 1. The number of carbonyl (C=O) groups is 1. The monoisotopic (exact) mass is 365 g/mol. The summed E-state index contributed by atoms with van der Waals surface area (Å²) in [6.45, 7) is 4.08. The van der Waals surface area contributed by atoms with Gasteiger partial charge in [0.2, 0.25) is 5.91 Å². The van der Waals surface area contributed by atoms with Crippen molar-refractivity contribution in [3.8, 4) is 0 Å². The molecular weight excluding hydrogens is 342 g/mol. The minimum absolute atomic E-state index is 0.0263. The molecule has 24 heavy (non-hydrogen) atoms. The Morgan fingerprint density at radius 3 is 2.96 bits per heavy atom. The van der Waals surface area contributed by atoms with Gasteiger partial charge in [-0.15, -0.1) is 11.3 Å². The summed E-state index contributed by atoms with van der Waals surface area (Å²) in [6.07, 6.45) is 4.67. The van der Waals surface area contributed by atoms with E-state index in [9.17, 15) is 9.59 Å². The molecule has 1 saturated carbocycles. The summed E-state index contributed by atoms with van der Waals surface area (Å²) in [6, 6.07) is 2.12. The number of thioether (sulfide) groups is 1. The van der Waals surface area contributed by atoms with Crippen LogP contribution in [0.3, 0.4) is 0 Å². The van der Waals surface area contributed by atoms with Crippen LogP contribution in [0.2, 0.25) is 0 Å². The molecule has 0 radical (unpaired) electrons. The molecule has 1 aliphatic rings. The molecule has 1 fully saturated rings. The lowest BCUT2D eigenvalue weighted by Crippen LogP contribution is -2.44. The van der Waals surface area contributed by atoms with Crippen molar-refractivity contribution in [2.24, 2.45) is 13.0 Å². The van der Waals surface area contributed by atoms with Gasteiger partial charge in [0, 0.05) is 13.1 Å². The lowest BCUT2D eigenvalue weighted by Gasteiger charge is -2.30. The minimum Gasteiger partial charge on any atom is -0.352 e. The fraction of sp³-hybridized carbons (Fsp3) is 0.588. The zero-order chi connectivity index (χ0) is 17.3. The summed E-state index contributed by atoms with van der Waals surface area (Å²) in [5.41, 5.74) is 0.658. The van der Waals surface area contributed by atoms with Crippen molar-refractivity contribution in [1.82, 2.24) is 14.9 Å². The van der Waals surface area contributed by atoms with Crippen molar-refractivity contribution in [2.75, 3.05) is 0 Å². The molecule has 0 spiro atoms. The van der Waals surface area contributed by atoms with Gasteiger partial charge < -0.3 is 5.32 Å². The van der Waals surface area contributed by atoms with E-state index >= 15 is 0 Å². The second-order valence-electron chi connectivity index (χ2n) is 6.53. The number of hydrogen-bond donors (Lipinski definition) is 1. The first-order valence-corrected chi connectivity index (χ1v) is 10.1. The molecule has 7 heteroatoms. The van der Waals surface area contributed by atoms with Crippen molar-refractivity contribution < 1.29 is 4.79 Å². The van der Waals surface area contributed by atoms with Crippen LogP contribution in [-0.2, 0) is 11.8 Å². The minimum atomic E-state index is -0.284. The highest BCUT2D eigenvalue weighted by molar-refractivity contribution is 8.00. The molecule has 2 heterocycles. The van der Waals surface area contributed by atoms with E-state index in [1.54, 1.807) is 7.05 Å². The number of hydrogen-bond acceptors (Lipinski definition) is 5. The molecule has 1 N–H and O–H groups in total.